The van der Waals surface area contributed by atoms with Gasteiger partial charge in [-0.05, 0) is 36.9 Å². The number of thiophene rings is 1. The summed E-state index contributed by atoms with van der Waals surface area (Å²) in [7, 11) is -3.60. The monoisotopic (exact) mass is 396 g/mol. The molecule has 0 aliphatic heterocycles. The molecule has 2 aromatic heterocycles. The Kier molecular flexibility index (Phi) is 5.29. The third kappa shape index (κ3) is 3.66. The Bertz CT molecular complexity index is 944. The summed E-state index contributed by atoms with van der Waals surface area (Å²) in [6.45, 7) is 2.05. The number of aryl methyl sites for hydroxylation is 1. The zero-order valence-corrected chi connectivity index (χ0v) is 16.4. The summed E-state index contributed by atoms with van der Waals surface area (Å²) in [4.78, 5) is 6.28. The van der Waals surface area contributed by atoms with Crippen LogP contribution in [-0.2, 0) is 16.4 Å². The van der Waals surface area contributed by atoms with Gasteiger partial charge in [-0.2, -0.15) is 0 Å². The Morgan fingerprint density at radius 3 is 2.71 bits per heavy atom. The SMILES string of the molecule is CCc1csc(-c2ccc(S(=O)(=O)Nc3ccccc3SC)s2)n1. The highest BCUT2D eigenvalue weighted by Gasteiger charge is 2.19. The number of sulfonamides is 1. The molecule has 0 unspecified atom stereocenters. The molecule has 1 N–H and O–H groups in total. The summed E-state index contributed by atoms with van der Waals surface area (Å²) in [6, 6.07) is 10.8. The van der Waals surface area contributed by atoms with Crippen molar-refractivity contribution in [2.75, 3.05) is 11.0 Å². The molecule has 0 fully saturated rings. The largest absolute Gasteiger partial charge is 0.278 e. The molecule has 1 aromatic carbocycles. The highest BCUT2D eigenvalue weighted by Crippen LogP contribution is 2.34. The van der Waals surface area contributed by atoms with Crippen LogP contribution in [0, 0.1) is 0 Å². The van der Waals surface area contributed by atoms with Gasteiger partial charge >= 0.3 is 0 Å². The Morgan fingerprint density at radius 2 is 2.00 bits per heavy atom. The molecule has 0 atom stereocenters. The highest BCUT2D eigenvalue weighted by molar-refractivity contribution is 7.99. The number of rotatable bonds is 6. The average molecular weight is 397 g/mol. The van der Waals surface area contributed by atoms with E-state index in [1.165, 1.54) is 23.1 Å². The van der Waals surface area contributed by atoms with E-state index in [9.17, 15) is 8.42 Å². The maximum Gasteiger partial charge on any atom is 0.271 e. The number of nitrogens with one attached hydrogen (secondary N) is 1. The number of thiazole rings is 1. The average Bonchev–Trinajstić information content (AvgIpc) is 3.24. The van der Waals surface area contributed by atoms with Crippen LogP contribution in [0.1, 0.15) is 12.6 Å². The molecular weight excluding hydrogens is 380 g/mol. The van der Waals surface area contributed by atoms with E-state index < -0.39 is 10.0 Å². The van der Waals surface area contributed by atoms with Crippen LogP contribution >= 0.6 is 34.4 Å². The fourth-order valence-electron chi connectivity index (χ4n) is 2.09. The van der Waals surface area contributed by atoms with E-state index >= 15 is 0 Å². The van der Waals surface area contributed by atoms with Gasteiger partial charge in [0.1, 0.15) is 9.22 Å². The fourth-order valence-corrected chi connectivity index (χ4v) is 6.07. The Morgan fingerprint density at radius 1 is 1.21 bits per heavy atom. The normalized spacial score (nSPS) is 11.6. The van der Waals surface area contributed by atoms with Gasteiger partial charge in [0, 0.05) is 10.3 Å². The summed E-state index contributed by atoms with van der Waals surface area (Å²) in [5, 5.41) is 2.87. The van der Waals surface area contributed by atoms with Crippen LogP contribution in [0.25, 0.3) is 9.88 Å². The molecule has 3 rings (SSSR count). The summed E-state index contributed by atoms with van der Waals surface area (Å²) < 4.78 is 28.3. The molecule has 2 heterocycles. The van der Waals surface area contributed by atoms with Crippen molar-refractivity contribution in [3.63, 3.8) is 0 Å². The zero-order valence-electron chi connectivity index (χ0n) is 13.1. The molecule has 8 heteroatoms. The van der Waals surface area contributed by atoms with Crippen molar-refractivity contribution in [3.05, 3.63) is 47.5 Å². The lowest BCUT2D eigenvalue weighted by Crippen LogP contribution is -2.11. The molecule has 4 nitrogen and oxygen atoms in total. The molecule has 0 spiro atoms. The van der Waals surface area contributed by atoms with Gasteiger partial charge in [-0.3, -0.25) is 4.72 Å². The standard InChI is InChI=1S/C16H16N2O2S4/c1-3-11-10-22-16(17-11)14-8-9-15(23-14)24(19,20)18-12-6-4-5-7-13(12)21-2/h4-10,18H,3H2,1-2H3. The van der Waals surface area contributed by atoms with Crippen molar-refractivity contribution in [2.24, 2.45) is 0 Å². The van der Waals surface area contributed by atoms with E-state index in [2.05, 4.69) is 16.6 Å². The van der Waals surface area contributed by atoms with Crippen molar-refractivity contribution in [2.45, 2.75) is 22.4 Å². The summed E-state index contributed by atoms with van der Waals surface area (Å²) in [5.41, 5.74) is 1.63. The zero-order chi connectivity index (χ0) is 17.2. The number of nitrogens with zero attached hydrogens (tertiary/aromatic N) is 1. The molecule has 0 aliphatic carbocycles. The van der Waals surface area contributed by atoms with Crippen LogP contribution in [0.4, 0.5) is 5.69 Å². The second kappa shape index (κ2) is 7.26. The van der Waals surface area contributed by atoms with Gasteiger partial charge < -0.3 is 0 Å². The smallest absolute Gasteiger partial charge is 0.271 e. The van der Waals surface area contributed by atoms with Crippen molar-refractivity contribution in [1.29, 1.82) is 0 Å². The van der Waals surface area contributed by atoms with E-state index in [4.69, 9.17) is 0 Å². The topological polar surface area (TPSA) is 59.1 Å². The quantitative estimate of drug-likeness (QED) is 0.599. The van der Waals surface area contributed by atoms with Gasteiger partial charge in [0.15, 0.2) is 0 Å². The number of hydrogen-bond donors (Lipinski definition) is 1. The fraction of sp³-hybridized carbons (Fsp3) is 0.188. The van der Waals surface area contributed by atoms with Crippen molar-refractivity contribution in [1.82, 2.24) is 4.98 Å². The molecule has 0 bridgehead atoms. The van der Waals surface area contributed by atoms with Crippen molar-refractivity contribution in [3.8, 4) is 9.88 Å². The number of para-hydroxylation sites is 1. The first kappa shape index (κ1) is 17.5. The van der Waals surface area contributed by atoms with Gasteiger partial charge in [-0.25, -0.2) is 13.4 Å². The Hall–Kier alpha value is -1.35. The maximum atomic E-state index is 12.6. The summed E-state index contributed by atoms with van der Waals surface area (Å²) in [6.07, 6.45) is 2.80. The predicted octanol–water partition coefficient (Wildman–Crippen LogP) is 4.96. The Balaban J connectivity index is 1.88. The lowest BCUT2D eigenvalue weighted by Gasteiger charge is -2.09. The van der Waals surface area contributed by atoms with E-state index in [1.807, 2.05) is 35.9 Å². The first-order valence-electron chi connectivity index (χ1n) is 7.24. The molecule has 0 saturated heterocycles. The van der Waals surface area contributed by atoms with Crippen LogP contribution in [0.5, 0.6) is 0 Å². The lowest BCUT2D eigenvalue weighted by atomic mass is 10.3. The molecular formula is C16H16N2O2S4. The molecule has 24 heavy (non-hydrogen) atoms. The summed E-state index contributed by atoms with van der Waals surface area (Å²) in [5.74, 6) is 0. The molecule has 3 aromatic rings. The maximum absolute atomic E-state index is 12.6. The van der Waals surface area contributed by atoms with E-state index in [0.29, 0.717) is 9.90 Å². The second-order valence-corrected chi connectivity index (χ2v) is 9.62. The summed E-state index contributed by atoms with van der Waals surface area (Å²) >= 11 is 4.29. The minimum atomic E-state index is -3.60. The van der Waals surface area contributed by atoms with Crippen LogP contribution < -0.4 is 4.72 Å². The third-order valence-corrected chi connectivity index (χ3v) is 8.12. The Labute approximate surface area is 154 Å². The first-order valence-corrected chi connectivity index (χ1v) is 11.6. The molecule has 0 aliphatic rings. The van der Waals surface area contributed by atoms with Crippen molar-refractivity contribution >= 4 is 50.1 Å². The molecule has 126 valence electrons. The molecule has 0 radical (unpaired) electrons. The van der Waals surface area contributed by atoms with Gasteiger partial charge in [0.05, 0.1) is 16.3 Å². The number of benzene rings is 1. The van der Waals surface area contributed by atoms with E-state index in [0.717, 1.165) is 26.9 Å². The van der Waals surface area contributed by atoms with Gasteiger partial charge in [0.2, 0.25) is 0 Å². The minimum absolute atomic E-state index is 0.293. The van der Waals surface area contributed by atoms with E-state index in [-0.39, 0.29) is 0 Å². The second-order valence-electron chi connectivity index (χ2n) is 4.92. The predicted molar refractivity (Wildman–Crippen MR) is 104 cm³/mol. The minimum Gasteiger partial charge on any atom is -0.278 e. The number of thioether (sulfide) groups is 1. The number of anilines is 1. The van der Waals surface area contributed by atoms with Crippen LogP contribution in [0.15, 0.2) is 50.9 Å². The third-order valence-electron chi connectivity index (χ3n) is 3.32. The van der Waals surface area contributed by atoms with Gasteiger partial charge in [0.25, 0.3) is 10.0 Å². The highest BCUT2D eigenvalue weighted by atomic mass is 32.2. The van der Waals surface area contributed by atoms with Crippen LogP contribution in [0.2, 0.25) is 0 Å². The van der Waals surface area contributed by atoms with Crippen LogP contribution in [-0.4, -0.2) is 19.7 Å². The molecule has 0 amide bonds. The number of hydrogen-bond acceptors (Lipinski definition) is 6. The van der Waals surface area contributed by atoms with Gasteiger partial charge in [-0.15, -0.1) is 34.4 Å². The number of aromatic nitrogens is 1. The van der Waals surface area contributed by atoms with E-state index in [1.54, 1.807) is 23.5 Å². The molecule has 0 saturated carbocycles. The van der Waals surface area contributed by atoms with Crippen molar-refractivity contribution < 1.29 is 8.42 Å². The van der Waals surface area contributed by atoms with Crippen LogP contribution in [0.3, 0.4) is 0 Å². The first-order chi connectivity index (χ1) is 11.5. The lowest BCUT2D eigenvalue weighted by molar-refractivity contribution is 0.603. The van der Waals surface area contributed by atoms with Gasteiger partial charge in [-0.1, -0.05) is 19.1 Å².